The predicted octanol–water partition coefficient (Wildman–Crippen LogP) is 0.766. The summed E-state index contributed by atoms with van der Waals surface area (Å²) in [6, 6.07) is 1.74. The van der Waals surface area contributed by atoms with Gasteiger partial charge in [0.25, 0.3) is 0 Å². The molecule has 0 aromatic carbocycles. The molecule has 0 aliphatic heterocycles. The summed E-state index contributed by atoms with van der Waals surface area (Å²) in [4.78, 5) is 0.959. The van der Waals surface area contributed by atoms with Gasteiger partial charge in [0.1, 0.15) is 6.10 Å². The third-order valence-corrected chi connectivity index (χ3v) is 3.17. The lowest BCUT2D eigenvalue weighted by atomic mass is 10.1. The molecule has 1 aromatic rings. The molecule has 0 fully saturated rings. The van der Waals surface area contributed by atoms with Crippen LogP contribution in [0, 0.1) is 6.92 Å². The van der Waals surface area contributed by atoms with Crippen LogP contribution in [0.3, 0.4) is 0 Å². The summed E-state index contributed by atoms with van der Waals surface area (Å²) >= 11 is 1.54. The monoisotopic (exact) mass is 200 g/mol. The minimum absolute atomic E-state index is 0.248. The van der Waals surface area contributed by atoms with Crippen molar-refractivity contribution < 1.29 is 5.11 Å². The fourth-order valence-corrected chi connectivity index (χ4v) is 2.22. The van der Waals surface area contributed by atoms with E-state index >= 15 is 0 Å². The second kappa shape index (κ2) is 4.72. The van der Waals surface area contributed by atoms with Gasteiger partial charge in [0, 0.05) is 10.9 Å². The highest BCUT2D eigenvalue weighted by atomic mass is 32.1. The van der Waals surface area contributed by atoms with Gasteiger partial charge in [-0.1, -0.05) is 0 Å². The van der Waals surface area contributed by atoms with Gasteiger partial charge < -0.3 is 16.6 Å². The van der Waals surface area contributed by atoms with Crippen LogP contribution >= 0.6 is 11.3 Å². The van der Waals surface area contributed by atoms with E-state index in [0.29, 0.717) is 13.0 Å². The zero-order valence-corrected chi connectivity index (χ0v) is 8.55. The third-order valence-electron chi connectivity index (χ3n) is 2.08. The lowest BCUT2D eigenvalue weighted by molar-refractivity contribution is 0.146. The van der Waals surface area contributed by atoms with Gasteiger partial charge in [-0.25, -0.2) is 0 Å². The van der Waals surface area contributed by atoms with E-state index in [4.69, 9.17) is 11.5 Å². The van der Waals surface area contributed by atoms with Gasteiger partial charge in [0.2, 0.25) is 0 Å². The molecule has 0 aliphatic carbocycles. The molecule has 0 radical (unpaired) electrons. The van der Waals surface area contributed by atoms with Crippen molar-refractivity contribution in [2.75, 3.05) is 6.54 Å². The van der Waals surface area contributed by atoms with Crippen LogP contribution in [-0.2, 0) is 0 Å². The number of rotatable bonds is 4. The van der Waals surface area contributed by atoms with Crippen LogP contribution in [0.5, 0.6) is 0 Å². The van der Waals surface area contributed by atoms with Gasteiger partial charge in [-0.05, 0) is 36.9 Å². The van der Waals surface area contributed by atoms with E-state index in [1.54, 1.807) is 11.3 Å². The Hall–Kier alpha value is -0.420. The Kier molecular flexibility index (Phi) is 3.87. The van der Waals surface area contributed by atoms with E-state index in [1.807, 2.05) is 18.4 Å². The number of aliphatic hydroxyl groups is 1. The van der Waals surface area contributed by atoms with Gasteiger partial charge in [-0.3, -0.25) is 0 Å². The molecule has 0 amide bonds. The first-order chi connectivity index (χ1) is 6.16. The molecule has 0 saturated heterocycles. The van der Waals surface area contributed by atoms with E-state index in [-0.39, 0.29) is 6.04 Å². The maximum absolute atomic E-state index is 9.82. The molecule has 1 aromatic heterocycles. The van der Waals surface area contributed by atoms with Crippen LogP contribution in [-0.4, -0.2) is 17.7 Å². The summed E-state index contributed by atoms with van der Waals surface area (Å²) in [5.74, 6) is 0. The molecule has 4 heteroatoms. The molecule has 0 bridgehead atoms. The molecule has 1 heterocycles. The zero-order valence-electron chi connectivity index (χ0n) is 7.73. The number of hydrogen-bond donors (Lipinski definition) is 3. The predicted molar refractivity (Wildman–Crippen MR) is 55.7 cm³/mol. The molecule has 74 valence electrons. The Morgan fingerprint density at radius 3 is 2.77 bits per heavy atom. The molecular formula is C9H16N2OS. The number of aryl methyl sites for hydroxylation is 1. The van der Waals surface area contributed by atoms with E-state index < -0.39 is 6.10 Å². The second-order valence-electron chi connectivity index (χ2n) is 3.15. The van der Waals surface area contributed by atoms with Gasteiger partial charge >= 0.3 is 0 Å². The van der Waals surface area contributed by atoms with Crippen LogP contribution in [0.4, 0.5) is 0 Å². The van der Waals surface area contributed by atoms with Crippen molar-refractivity contribution in [3.63, 3.8) is 0 Å². The summed E-state index contributed by atoms with van der Waals surface area (Å²) in [5, 5.41) is 11.8. The molecular weight excluding hydrogens is 184 g/mol. The Morgan fingerprint density at radius 1 is 1.62 bits per heavy atom. The van der Waals surface area contributed by atoms with Gasteiger partial charge in [0.05, 0.1) is 0 Å². The number of hydrogen-bond acceptors (Lipinski definition) is 4. The summed E-state index contributed by atoms with van der Waals surface area (Å²) in [6.45, 7) is 2.49. The van der Waals surface area contributed by atoms with E-state index in [1.165, 1.54) is 0 Å². The summed E-state index contributed by atoms with van der Waals surface area (Å²) in [6.07, 6.45) is 0.0851. The topological polar surface area (TPSA) is 72.3 Å². The third kappa shape index (κ3) is 2.51. The van der Waals surface area contributed by atoms with Crippen molar-refractivity contribution in [3.8, 4) is 0 Å². The summed E-state index contributed by atoms with van der Waals surface area (Å²) < 4.78 is 0. The van der Waals surface area contributed by atoms with Gasteiger partial charge in [0.15, 0.2) is 0 Å². The average molecular weight is 200 g/mol. The van der Waals surface area contributed by atoms with Crippen molar-refractivity contribution in [2.24, 2.45) is 11.5 Å². The molecule has 13 heavy (non-hydrogen) atoms. The molecule has 2 atom stereocenters. The largest absolute Gasteiger partial charge is 0.386 e. The Morgan fingerprint density at radius 2 is 2.31 bits per heavy atom. The molecule has 3 nitrogen and oxygen atoms in total. The van der Waals surface area contributed by atoms with Crippen LogP contribution in [0.25, 0.3) is 0 Å². The van der Waals surface area contributed by atoms with E-state index in [2.05, 4.69) is 0 Å². The summed E-state index contributed by atoms with van der Waals surface area (Å²) in [7, 11) is 0. The van der Waals surface area contributed by atoms with Gasteiger partial charge in [-0.15, -0.1) is 11.3 Å². The Balaban J connectivity index is 2.67. The van der Waals surface area contributed by atoms with Crippen LogP contribution in [0.2, 0.25) is 0 Å². The lowest BCUT2D eigenvalue weighted by Gasteiger charge is -2.17. The van der Waals surface area contributed by atoms with Crippen LogP contribution in [0.15, 0.2) is 11.4 Å². The maximum Gasteiger partial charge on any atom is 0.103 e. The highest BCUT2D eigenvalue weighted by molar-refractivity contribution is 7.10. The summed E-state index contributed by atoms with van der Waals surface area (Å²) in [5.41, 5.74) is 12.2. The molecule has 0 saturated carbocycles. The SMILES string of the molecule is Cc1ccsc1C(O)C(N)CCN. The number of aliphatic hydroxyl groups excluding tert-OH is 1. The normalized spacial score (nSPS) is 15.7. The van der Waals surface area contributed by atoms with Gasteiger partial charge in [-0.2, -0.15) is 0 Å². The Labute approximate surface area is 82.4 Å². The van der Waals surface area contributed by atoms with Crippen molar-refractivity contribution in [2.45, 2.75) is 25.5 Å². The fourth-order valence-electron chi connectivity index (χ4n) is 1.23. The fraction of sp³-hybridized carbons (Fsp3) is 0.556. The van der Waals surface area contributed by atoms with E-state index in [0.717, 1.165) is 10.4 Å². The first-order valence-corrected chi connectivity index (χ1v) is 5.22. The minimum Gasteiger partial charge on any atom is -0.386 e. The zero-order chi connectivity index (χ0) is 9.84. The lowest BCUT2D eigenvalue weighted by Crippen LogP contribution is -2.30. The van der Waals surface area contributed by atoms with Crippen LogP contribution in [0.1, 0.15) is 23.0 Å². The highest BCUT2D eigenvalue weighted by Crippen LogP contribution is 2.26. The minimum atomic E-state index is -0.566. The maximum atomic E-state index is 9.82. The first kappa shape index (κ1) is 10.7. The standard InChI is InChI=1S/C9H16N2OS/c1-6-3-5-13-9(6)8(12)7(11)2-4-10/h3,5,7-8,12H,2,4,10-11H2,1H3. The Bertz CT molecular complexity index is 262. The van der Waals surface area contributed by atoms with Crippen LogP contribution < -0.4 is 11.5 Å². The van der Waals surface area contributed by atoms with Crippen molar-refractivity contribution >= 4 is 11.3 Å². The smallest absolute Gasteiger partial charge is 0.103 e. The molecule has 2 unspecified atom stereocenters. The molecule has 1 rings (SSSR count). The number of thiophene rings is 1. The highest BCUT2D eigenvalue weighted by Gasteiger charge is 2.18. The quantitative estimate of drug-likeness (QED) is 0.672. The first-order valence-electron chi connectivity index (χ1n) is 4.34. The van der Waals surface area contributed by atoms with Crippen molar-refractivity contribution in [3.05, 3.63) is 21.9 Å². The van der Waals surface area contributed by atoms with E-state index in [9.17, 15) is 5.11 Å². The molecule has 5 N–H and O–H groups in total. The molecule has 0 aliphatic rings. The second-order valence-corrected chi connectivity index (χ2v) is 4.10. The average Bonchev–Trinajstić information content (AvgIpc) is 2.50. The van der Waals surface area contributed by atoms with Crippen molar-refractivity contribution in [1.82, 2.24) is 0 Å². The van der Waals surface area contributed by atoms with Crippen molar-refractivity contribution in [1.29, 1.82) is 0 Å². The molecule has 0 spiro atoms. The number of nitrogens with two attached hydrogens (primary N) is 2.